The molecule has 0 radical (unpaired) electrons. The molecule has 1 aromatic rings. The third kappa shape index (κ3) is 6.24. The number of nitrogens with two attached hydrogens (primary N) is 1. The molecule has 0 aliphatic rings. The number of hydrogen-bond donors (Lipinski definition) is 2. The molecule has 0 atom stereocenters. The second-order valence-corrected chi connectivity index (χ2v) is 5.14. The maximum Gasteiger partial charge on any atom is 0.251 e. The van der Waals surface area contributed by atoms with E-state index in [2.05, 4.69) is 22.2 Å². The van der Waals surface area contributed by atoms with Crippen molar-refractivity contribution in [1.29, 1.82) is 0 Å². The lowest BCUT2D eigenvalue weighted by Crippen LogP contribution is -2.30. The van der Waals surface area contributed by atoms with Crippen molar-refractivity contribution in [3.05, 3.63) is 35.5 Å². The highest BCUT2D eigenvalue weighted by Crippen LogP contribution is 2.21. The maximum atomic E-state index is 12.2. The van der Waals surface area contributed by atoms with Crippen LogP contribution in [-0.2, 0) is 4.79 Å². The normalized spacial score (nSPS) is 12.5. The predicted molar refractivity (Wildman–Crippen MR) is 99.8 cm³/mol. The van der Waals surface area contributed by atoms with Crippen LogP contribution in [-0.4, -0.2) is 31.6 Å². The van der Waals surface area contributed by atoms with Crippen molar-refractivity contribution in [2.24, 2.45) is 9.98 Å². The summed E-state index contributed by atoms with van der Waals surface area (Å²) in [5.74, 6) is 0.721. The van der Waals surface area contributed by atoms with E-state index in [1.807, 2.05) is 6.92 Å². The smallest absolute Gasteiger partial charge is 0.251 e. The van der Waals surface area contributed by atoms with Gasteiger partial charge in [-0.25, -0.2) is 0 Å². The van der Waals surface area contributed by atoms with Crippen LogP contribution in [0, 0.1) is 0 Å². The molecular weight excluding hydrogens is 304 g/mol. The molecule has 1 rings (SSSR count). The van der Waals surface area contributed by atoms with Crippen LogP contribution in [0.2, 0.25) is 0 Å². The molecule has 130 valence electrons. The topological polar surface area (TPSA) is 89.1 Å². The van der Waals surface area contributed by atoms with Crippen LogP contribution in [0.1, 0.15) is 39.2 Å². The van der Waals surface area contributed by atoms with Crippen LogP contribution in [0.15, 0.2) is 40.0 Å². The minimum absolute atomic E-state index is 0.299. The number of rotatable bonds is 7. The fourth-order valence-corrected chi connectivity index (χ4v) is 1.98. The number of benzene rings is 1. The number of nitrogen functional groups attached to an aromatic ring is 1. The van der Waals surface area contributed by atoms with Crippen LogP contribution in [0.4, 0.5) is 5.69 Å². The molecule has 3 N–H and O–H groups in total. The van der Waals surface area contributed by atoms with E-state index in [0.29, 0.717) is 35.1 Å². The summed E-state index contributed by atoms with van der Waals surface area (Å²) in [5, 5.41) is 2.76. The Morgan fingerprint density at radius 3 is 2.75 bits per heavy atom. The van der Waals surface area contributed by atoms with Crippen molar-refractivity contribution in [3.63, 3.8) is 0 Å². The zero-order valence-corrected chi connectivity index (χ0v) is 14.8. The first-order valence-corrected chi connectivity index (χ1v) is 8.03. The van der Waals surface area contributed by atoms with Crippen LogP contribution >= 0.6 is 0 Å². The van der Waals surface area contributed by atoms with Gasteiger partial charge in [-0.15, -0.1) is 0 Å². The van der Waals surface area contributed by atoms with Gasteiger partial charge < -0.3 is 15.8 Å². The van der Waals surface area contributed by atoms with Gasteiger partial charge in [-0.3, -0.25) is 14.8 Å². The molecular formula is C18H26N4O2. The van der Waals surface area contributed by atoms with E-state index >= 15 is 0 Å². The quantitative estimate of drug-likeness (QED) is 0.349. The maximum absolute atomic E-state index is 12.2. The van der Waals surface area contributed by atoms with Crippen molar-refractivity contribution in [1.82, 2.24) is 5.32 Å². The Kier molecular flexibility index (Phi) is 8.25. The summed E-state index contributed by atoms with van der Waals surface area (Å²) in [6.07, 6.45) is 5.14. The first kappa shape index (κ1) is 19.4. The van der Waals surface area contributed by atoms with Gasteiger partial charge in [-0.05, 0) is 38.5 Å². The summed E-state index contributed by atoms with van der Waals surface area (Å²) in [7, 11) is 1.60. The second kappa shape index (κ2) is 10.2. The molecule has 0 aliphatic carbocycles. The first-order valence-electron chi connectivity index (χ1n) is 8.03. The minimum atomic E-state index is -0.299. The number of carbonyl (C=O) groups excluding carboxylic acids is 1. The molecule has 0 spiro atoms. The minimum Gasteiger partial charge on any atom is -0.493 e. The molecule has 24 heavy (non-hydrogen) atoms. The number of carbonyl (C=O) groups is 1. The number of amidine groups is 1. The number of anilines is 1. The summed E-state index contributed by atoms with van der Waals surface area (Å²) in [4.78, 5) is 20.5. The Bertz CT molecular complexity index is 648. The molecule has 1 amide bonds. The fraction of sp³-hybridized carbons (Fsp3) is 0.389. The second-order valence-electron chi connectivity index (χ2n) is 5.14. The van der Waals surface area contributed by atoms with Gasteiger partial charge in [0.2, 0.25) is 0 Å². The van der Waals surface area contributed by atoms with Gasteiger partial charge in [0.1, 0.15) is 11.6 Å². The molecule has 0 heterocycles. The van der Waals surface area contributed by atoms with Crippen LogP contribution in [0.25, 0.3) is 0 Å². The van der Waals surface area contributed by atoms with E-state index in [0.717, 1.165) is 12.8 Å². The molecule has 1 aromatic carbocycles. The van der Waals surface area contributed by atoms with Gasteiger partial charge >= 0.3 is 0 Å². The lowest BCUT2D eigenvalue weighted by molar-refractivity contribution is -0.115. The third-order valence-corrected chi connectivity index (χ3v) is 3.08. The average Bonchev–Trinajstić information content (AvgIpc) is 2.54. The number of amides is 1. The predicted octanol–water partition coefficient (Wildman–Crippen LogP) is 2.93. The molecule has 0 unspecified atom stereocenters. The Labute approximate surface area is 143 Å². The molecule has 0 fully saturated rings. The monoisotopic (exact) mass is 330 g/mol. The Hall–Kier alpha value is -2.63. The molecule has 0 aromatic heterocycles. The lowest BCUT2D eigenvalue weighted by atomic mass is 10.1. The van der Waals surface area contributed by atoms with Crippen LogP contribution in [0.3, 0.4) is 0 Å². The van der Waals surface area contributed by atoms with E-state index in [4.69, 9.17) is 10.5 Å². The number of aliphatic imine (C=N–C) groups is 2. The van der Waals surface area contributed by atoms with Crippen molar-refractivity contribution < 1.29 is 9.53 Å². The van der Waals surface area contributed by atoms with Gasteiger partial charge in [0.25, 0.3) is 5.91 Å². The highest BCUT2D eigenvalue weighted by atomic mass is 16.5. The lowest BCUT2D eigenvalue weighted by Gasteiger charge is -2.13. The van der Waals surface area contributed by atoms with Crippen molar-refractivity contribution in [2.45, 2.75) is 33.6 Å². The van der Waals surface area contributed by atoms with E-state index in [1.165, 1.54) is 6.08 Å². The largest absolute Gasteiger partial charge is 0.493 e. The molecule has 0 saturated carbocycles. The Balaban J connectivity index is 2.94. The number of nitrogens with one attached hydrogen (secondary N) is 1. The van der Waals surface area contributed by atoms with Crippen LogP contribution in [0.5, 0.6) is 5.75 Å². The summed E-state index contributed by atoms with van der Waals surface area (Å²) in [6, 6.07) is 5.24. The number of nitrogens with zero attached hydrogens (tertiary/aromatic N) is 2. The number of ether oxygens (including phenoxy) is 1. The zero-order chi connectivity index (χ0) is 17.9. The zero-order valence-electron chi connectivity index (χ0n) is 14.8. The van der Waals surface area contributed by atoms with E-state index in [1.54, 1.807) is 38.4 Å². The number of hydrogen-bond acceptors (Lipinski definition) is 5. The van der Waals surface area contributed by atoms with E-state index < -0.39 is 0 Å². The summed E-state index contributed by atoms with van der Waals surface area (Å²) in [6.45, 7) is 6.25. The van der Waals surface area contributed by atoms with Crippen LogP contribution < -0.4 is 15.8 Å². The van der Waals surface area contributed by atoms with Crippen molar-refractivity contribution >= 4 is 23.6 Å². The van der Waals surface area contributed by atoms with Gasteiger partial charge in [0, 0.05) is 30.7 Å². The van der Waals surface area contributed by atoms with E-state index in [9.17, 15) is 4.79 Å². The van der Waals surface area contributed by atoms with Gasteiger partial charge in [0.05, 0.1) is 12.2 Å². The van der Waals surface area contributed by atoms with E-state index in [-0.39, 0.29) is 5.91 Å². The first-order chi connectivity index (χ1) is 11.5. The Morgan fingerprint density at radius 2 is 2.12 bits per heavy atom. The van der Waals surface area contributed by atoms with Gasteiger partial charge in [-0.2, -0.15) is 0 Å². The van der Waals surface area contributed by atoms with Crippen molar-refractivity contribution in [3.8, 4) is 5.75 Å². The third-order valence-electron chi connectivity index (χ3n) is 3.08. The molecule has 6 nitrogen and oxygen atoms in total. The standard InChI is InChI=1S/C18H26N4O2/c1-5-7-10-21-13(3)11-17(23)22-18(20-4)15-12-14(19)8-9-16(15)24-6-2/h8-12H,5-7,19H2,1-4H3,(H,20,22,23)/b13-11+,21-10?. The summed E-state index contributed by atoms with van der Waals surface area (Å²) >= 11 is 0. The molecule has 0 bridgehead atoms. The summed E-state index contributed by atoms with van der Waals surface area (Å²) < 4.78 is 5.58. The highest BCUT2D eigenvalue weighted by molar-refractivity contribution is 6.12. The average molecular weight is 330 g/mol. The number of allylic oxidation sites excluding steroid dienone is 1. The van der Waals surface area contributed by atoms with Gasteiger partial charge in [-0.1, -0.05) is 13.3 Å². The van der Waals surface area contributed by atoms with Gasteiger partial charge in [0.15, 0.2) is 0 Å². The molecule has 6 heteroatoms. The Morgan fingerprint density at radius 1 is 1.38 bits per heavy atom. The summed E-state index contributed by atoms with van der Waals surface area (Å²) in [5.41, 5.74) is 7.69. The molecule has 0 aliphatic heterocycles. The highest BCUT2D eigenvalue weighted by Gasteiger charge is 2.13. The SMILES string of the molecule is CCCC=N/C(C)=C/C(=O)NC(=NC)c1cc(N)ccc1OCC. The number of unbranched alkanes of at least 4 members (excludes halogenated alkanes) is 1. The van der Waals surface area contributed by atoms with Crippen molar-refractivity contribution in [2.75, 3.05) is 19.4 Å². The molecule has 0 saturated heterocycles. The fourth-order valence-electron chi connectivity index (χ4n) is 1.98.